The summed E-state index contributed by atoms with van der Waals surface area (Å²) in [5, 5.41) is 13.1. The second-order valence-electron chi connectivity index (χ2n) is 7.56. The number of hydrogen-bond acceptors (Lipinski definition) is 4. The van der Waals surface area contributed by atoms with Crippen molar-refractivity contribution in [2.24, 2.45) is 7.05 Å². The van der Waals surface area contributed by atoms with Crippen LogP contribution in [0.1, 0.15) is 22.6 Å². The van der Waals surface area contributed by atoms with E-state index in [0.717, 1.165) is 27.8 Å². The lowest BCUT2D eigenvalue weighted by Gasteiger charge is -2.11. The van der Waals surface area contributed by atoms with Crippen molar-refractivity contribution in [3.63, 3.8) is 0 Å². The van der Waals surface area contributed by atoms with Gasteiger partial charge < -0.3 is 14.5 Å². The van der Waals surface area contributed by atoms with Crippen LogP contribution in [0.25, 0.3) is 0 Å². The van der Waals surface area contributed by atoms with Gasteiger partial charge in [-0.05, 0) is 42.3 Å². The van der Waals surface area contributed by atoms with E-state index in [-0.39, 0.29) is 11.7 Å². The Labute approximate surface area is 196 Å². The summed E-state index contributed by atoms with van der Waals surface area (Å²) in [5.74, 6) is 0.972. The summed E-state index contributed by atoms with van der Waals surface area (Å²) in [4.78, 5) is 12.5. The number of amides is 1. The second kappa shape index (κ2) is 10.1. The lowest BCUT2D eigenvalue weighted by atomic mass is 10.2. The fraction of sp³-hybridized carbons (Fsp3) is 0.208. The number of nitrogens with one attached hydrogen (secondary N) is 1. The van der Waals surface area contributed by atoms with Crippen LogP contribution in [0.4, 0.5) is 5.69 Å². The zero-order valence-electron chi connectivity index (χ0n) is 18.0. The molecule has 0 radical (unpaired) electrons. The Morgan fingerprint density at radius 2 is 1.91 bits per heavy atom. The van der Waals surface area contributed by atoms with Crippen molar-refractivity contribution < 1.29 is 4.79 Å². The van der Waals surface area contributed by atoms with E-state index in [9.17, 15) is 4.79 Å². The SMILES string of the molecule is Cc1ccc(NC(=O)CSc2nnc(Cc3cccn3C)n2Cc2ccccc2)cc1Cl. The third-order valence-corrected chi connectivity index (χ3v) is 6.53. The van der Waals surface area contributed by atoms with E-state index in [2.05, 4.69) is 42.8 Å². The topological polar surface area (TPSA) is 64.7 Å². The number of aromatic nitrogens is 4. The summed E-state index contributed by atoms with van der Waals surface area (Å²) >= 11 is 7.54. The number of halogens is 1. The highest BCUT2D eigenvalue weighted by atomic mass is 35.5. The highest BCUT2D eigenvalue weighted by Crippen LogP contribution is 2.23. The molecule has 1 amide bonds. The second-order valence-corrected chi connectivity index (χ2v) is 8.91. The third-order valence-electron chi connectivity index (χ3n) is 5.16. The summed E-state index contributed by atoms with van der Waals surface area (Å²) < 4.78 is 4.16. The predicted molar refractivity (Wildman–Crippen MR) is 129 cm³/mol. The molecule has 2 heterocycles. The van der Waals surface area contributed by atoms with Gasteiger partial charge in [0, 0.05) is 36.1 Å². The van der Waals surface area contributed by atoms with Crippen LogP contribution < -0.4 is 5.32 Å². The minimum Gasteiger partial charge on any atom is -0.354 e. The fourth-order valence-corrected chi connectivity index (χ4v) is 4.26. The maximum absolute atomic E-state index is 12.5. The van der Waals surface area contributed by atoms with E-state index in [0.29, 0.717) is 23.7 Å². The molecule has 164 valence electrons. The molecule has 0 spiro atoms. The molecule has 4 aromatic rings. The highest BCUT2D eigenvalue weighted by molar-refractivity contribution is 7.99. The summed E-state index contributed by atoms with van der Waals surface area (Å²) in [7, 11) is 2.02. The number of hydrogen-bond donors (Lipinski definition) is 1. The Morgan fingerprint density at radius 1 is 1.09 bits per heavy atom. The number of carbonyl (C=O) groups excluding carboxylic acids is 1. The Balaban J connectivity index is 1.50. The number of nitrogens with zero attached hydrogens (tertiary/aromatic N) is 4. The number of aryl methyl sites for hydroxylation is 2. The van der Waals surface area contributed by atoms with Crippen LogP contribution in [-0.4, -0.2) is 31.0 Å². The van der Waals surface area contributed by atoms with Crippen LogP contribution in [0.2, 0.25) is 5.02 Å². The van der Waals surface area contributed by atoms with Crippen molar-refractivity contribution in [2.45, 2.75) is 25.0 Å². The van der Waals surface area contributed by atoms with E-state index < -0.39 is 0 Å². The first-order chi connectivity index (χ1) is 15.5. The Bertz CT molecular complexity index is 1220. The minimum atomic E-state index is -0.117. The number of benzene rings is 2. The molecular weight excluding hydrogens is 442 g/mol. The zero-order valence-corrected chi connectivity index (χ0v) is 19.5. The van der Waals surface area contributed by atoms with Gasteiger partial charge in [-0.3, -0.25) is 4.79 Å². The largest absolute Gasteiger partial charge is 0.354 e. The van der Waals surface area contributed by atoms with Crippen molar-refractivity contribution >= 4 is 35.0 Å². The van der Waals surface area contributed by atoms with E-state index in [1.165, 1.54) is 11.8 Å². The maximum Gasteiger partial charge on any atom is 0.234 e. The van der Waals surface area contributed by atoms with Gasteiger partial charge >= 0.3 is 0 Å². The number of anilines is 1. The molecule has 0 bridgehead atoms. The van der Waals surface area contributed by atoms with E-state index in [4.69, 9.17) is 11.6 Å². The monoisotopic (exact) mass is 465 g/mol. The molecule has 0 aliphatic carbocycles. The number of thioether (sulfide) groups is 1. The van der Waals surface area contributed by atoms with E-state index >= 15 is 0 Å². The molecule has 32 heavy (non-hydrogen) atoms. The Hall–Kier alpha value is -3.03. The molecular formula is C24H24ClN5OS. The third kappa shape index (κ3) is 5.41. The van der Waals surface area contributed by atoms with Crippen molar-refractivity contribution in [3.05, 3.63) is 94.5 Å². The van der Waals surface area contributed by atoms with Gasteiger partial charge in [-0.1, -0.05) is 59.8 Å². The maximum atomic E-state index is 12.5. The molecule has 4 rings (SSSR count). The Morgan fingerprint density at radius 3 is 2.62 bits per heavy atom. The fourth-order valence-electron chi connectivity index (χ4n) is 3.32. The van der Waals surface area contributed by atoms with Gasteiger partial charge in [-0.25, -0.2) is 0 Å². The molecule has 8 heteroatoms. The lowest BCUT2D eigenvalue weighted by molar-refractivity contribution is -0.113. The van der Waals surface area contributed by atoms with Crippen LogP contribution in [0.5, 0.6) is 0 Å². The quantitative estimate of drug-likeness (QED) is 0.374. The molecule has 0 saturated carbocycles. The predicted octanol–water partition coefficient (Wildman–Crippen LogP) is 4.95. The standard InChI is InChI=1S/C24H24ClN5OS/c1-17-10-11-19(13-21(17)25)26-23(31)16-32-24-28-27-22(14-20-9-6-12-29(20)2)30(24)15-18-7-4-3-5-8-18/h3-13H,14-16H2,1-2H3,(H,26,31). The van der Waals surface area contributed by atoms with Crippen molar-refractivity contribution in [2.75, 3.05) is 11.1 Å². The van der Waals surface area contributed by atoms with E-state index in [1.807, 2.05) is 56.6 Å². The van der Waals surface area contributed by atoms with Crippen molar-refractivity contribution in [1.82, 2.24) is 19.3 Å². The first kappa shape index (κ1) is 22.2. The molecule has 0 aliphatic rings. The number of carbonyl (C=O) groups is 1. The molecule has 1 N–H and O–H groups in total. The first-order valence-corrected chi connectivity index (χ1v) is 11.6. The van der Waals surface area contributed by atoms with Gasteiger partial charge in [-0.2, -0.15) is 0 Å². The van der Waals surface area contributed by atoms with Gasteiger partial charge in [0.15, 0.2) is 5.16 Å². The van der Waals surface area contributed by atoms with Crippen LogP contribution >= 0.6 is 23.4 Å². The molecule has 2 aromatic heterocycles. The van der Waals surface area contributed by atoms with Crippen molar-refractivity contribution in [3.8, 4) is 0 Å². The molecule has 6 nitrogen and oxygen atoms in total. The van der Waals surface area contributed by atoms with Gasteiger partial charge in [-0.15, -0.1) is 10.2 Å². The lowest BCUT2D eigenvalue weighted by Crippen LogP contribution is -2.15. The van der Waals surface area contributed by atoms with Crippen LogP contribution in [0, 0.1) is 6.92 Å². The normalized spacial score (nSPS) is 11.0. The average molecular weight is 466 g/mol. The summed E-state index contributed by atoms with van der Waals surface area (Å²) in [6, 6.07) is 19.8. The molecule has 0 fully saturated rings. The van der Waals surface area contributed by atoms with Crippen molar-refractivity contribution in [1.29, 1.82) is 0 Å². The minimum absolute atomic E-state index is 0.117. The zero-order chi connectivity index (χ0) is 22.5. The first-order valence-electron chi connectivity index (χ1n) is 10.2. The molecule has 0 aliphatic heterocycles. The van der Waals surface area contributed by atoms with Gasteiger partial charge in [0.25, 0.3) is 0 Å². The summed E-state index contributed by atoms with van der Waals surface area (Å²) in [5.41, 5.74) is 3.96. The Kier molecular flexibility index (Phi) is 6.97. The highest BCUT2D eigenvalue weighted by Gasteiger charge is 2.16. The molecule has 0 saturated heterocycles. The molecule has 0 atom stereocenters. The average Bonchev–Trinajstić information content (AvgIpc) is 3.36. The van der Waals surface area contributed by atoms with Crippen LogP contribution in [0.15, 0.2) is 72.0 Å². The van der Waals surface area contributed by atoms with Gasteiger partial charge in [0.2, 0.25) is 5.91 Å². The molecule has 2 aromatic carbocycles. The van der Waals surface area contributed by atoms with E-state index in [1.54, 1.807) is 6.07 Å². The van der Waals surface area contributed by atoms with Crippen LogP contribution in [0.3, 0.4) is 0 Å². The molecule has 0 unspecified atom stereocenters. The number of rotatable bonds is 8. The van der Waals surface area contributed by atoms with Gasteiger partial charge in [0.05, 0.1) is 12.3 Å². The summed E-state index contributed by atoms with van der Waals surface area (Å²) in [6.07, 6.45) is 2.68. The smallest absolute Gasteiger partial charge is 0.234 e. The van der Waals surface area contributed by atoms with Crippen LogP contribution in [-0.2, 0) is 24.8 Å². The summed E-state index contributed by atoms with van der Waals surface area (Å²) in [6.45, 7) is 2.57. The van der Waals surface area contributed by atoms with Gasteiger partial charge in [0.1, 0.15) is 5.82 Å².